The fraction of sp³-hybridized carbons (Fsp3) is 0.105. The Labute approximate surface area is 168 Å². The number of aliphatic carboxylic acids is 1. The molecule has 0 unspecified atom stereocenters. The van der Waals surface area contributed by atoms with E-state index >= 15 is 0 Å². The fourth-order valence-electron chi connectivity index (χ4n) is 3.07. The third-order valence-corrected chi connectivity index (χ3v) is 5.16. The van der Waals surface area contributed by atoms with Gasteiger partial charge in [-0.3, -0.25) is 9.59 Å². The summed E-state index contributed by atoms with van der Waals surface area (Å²) < 4.78 is 0. The van der Waals surface area contributed by atoms with Crippen LogP contribution in [0.4, 0.5) is 5.69 Å². The summed E-state index contributed by atoms with van der Waals surface area (Å²) in [4.78, 5) is 38.3. The minimum Gasteiger partial charge on any atom is -0.481 e. The van der Waals surface area contributed by atoms with Crippen LogP contribution in [0.3, 0.4) is 0 Å². The maximum absolute atomic E-state index is 12.7. The Balaban J connectivity index is 2.28. The van der Waals surface area contributed by atoms with Gasteiger partial charge in [0.25, 0.3) is 0 Å². The monoisotopic (exact) mass is 420 g/mol. The molecule has 0 bridgehead atoms. The first-order chi connectivity index (χ1) is 13.2. The Morgan fingerprint density at radius 2 is 1.61 bits per heavy atom. The molecule has 1 aromatic heterocycles. The van der Waals surface area contributed by atoms with E-state index in [9.17, 15) is 24.6 Å². The number of ketones is 1. The fourth-order valence-corrected chi connectivity index (χ4v) is 3.68. The lowest BCUT2D eigenvalue weighted by molar-refractivity contribution is -0.136. The molecule has 0 aliphatic heterocycles. The van der Waals surface area contributed by atoms with Crippen LogP contribution in [0.25, 0.3) is 10.9 Å². The summed E-state index contributed by atoms with van der Waals surface area (Å²) >= 11 is 12.5. The molecule has 0 radical (unpaired) electrons. The molecule has 3 rings (SSSR count). The average molecular weight is 421 g/mol. The maximum atomic E-state index is 12.7. The van der Waals surface area contributed by atoms with Crippen molar-refractivity contribution in [2.24, 2.45) is 0 Å². The average Bonchev–Trinajstić information content (AvgIpc) is 3.03. The highest BCUT2D eigenvalue weighted by Crippen LogP contribution is 2.42. The number of H-pyrrole nitrogens is 1. The van der Waals surface area contributed by atoms with Crippen molar-refractivity contribution in [3.63, 3.8) is 0 Å². The molecular weight excluding hydrogens is 407 g/mol. The Kier molecular flexibility index (Phi) is 5.31. The first-order valence-corrected chi connectivity index (χ1v) is 8.81. The van der Waals surface area contributed by atoms with Crippen molar-refractivity contribution in [2.75, 3.05) is 5.73 Å². The van der Waals surface area contributed by atoms with Crippen LogP contribution in [0, 0.1) is 0 Å². The molecule has 0 saturated heterocycles. The van der Waals surface area contributed by atoms with Crippen molar-refractivity contribution in [1.82, 2.24) is 4.98 Å². The molecule has 3 aromatic rings. The van der Waals surface area contributed by atoms with Gasteiger partial charge in [-0.2, -0.15) is 0 Å². The van der Waals surface area contributed by atoms with E-state index in [2.05, 4.69) is 4.98 Å². The zero-order valence-electron chi connectivity index (χ0n) is 14.3. The second kappa shape index (κ2) is 7.53. The summed E-state index contributed by atoms with van der Waals surface area (Å²) in [6.07, 6.45) is -0.763. The molecule has 28 heavy (non-hydrogen) atoms. The van der Waals surface area contributed by atoms with Gasteiger partial charge in [-0.25, -0.2) is 4.79 Å². The summed E-state index contributed by atoms with van der Waals surface area (Å²) in [5.41, 5.74) is 6.34. The minimum absolute atomic E-state index is 0.0336. The smallest absolute Gasteiger partial charge is 0.352 e. The van der Waals surface area contributed by atoms with Gasteiger partial charge >= 0.3 is 11.9 Å². The number of aromatic amines is 1. The number of fused-ring (bicyclic) bond motifs is 1. The highest BCUT2D eigenvalue weighted by Gasteiger charge is 2.27. The quantitative estimate of drug-likeness (QED) is 0.353. The number of carboxylic acid groups (broad SMARTS) is 2. The first-order valence-electron chi connectivity index (χ1n) is 8.05. The van der Waals surface area contributed by atoms with Gasteiger partial charge in [0.1, 0.15) is 5.69 Å². The second-order valence-corrected chi connectivity index (χ2v) is 6.85. The SMILES string of the molecule is Nc1c(Cl)c(CC(=O)O)c2[nH]c(C(=O)O)c(CC(=O)c3ccccc3)c2c1Cl. The number of hydrogen-bond acceptors (Lipinski definition) is 4. The number of anilines is 1. The number of carbonyl (C=O) groups excluding carboxylic acids is 1. The van der Waals surface area contributed by atoms with Crippen LogP contribution in [0.2, 0.25) is 10.0 Å². The molecule has 0 atom stereocenters. The van der Waals surface area contributed by atoms with Crippen molar-refractivity contribution in [3.8, 4) is 0 Å². The maximum Gasteiger partial charge on any atom is 0.352 e. The van der Waals surface area contributed by atoms with Crippen LogP contribution in [0.5, 0.6) is 0 Å². The summed E-state index contributed by atoms with van der Waals surface area (Å²) in [5.74, 6) is -2.83. The molecular formula is C19H14Cl2N2O5. The van der Waals surface area contributed by atoms with Gasteiger partial charge in [-0.1, -0.05) is 53.5 Å². The van der Waals surface area contributed by atoms with E-state index < -0.39 is 18.4 Å². The summed E-state index contributed by atoms with van der Waals surface area (Å²) in [6.45, 7) is 0. The molecule has 7 nitrogen and oxygen atoms in total. The lowest BCUT2D eigenvalue weighted by atomic mass is 9.98. The third-order valence-electron chi connectivity index (χ3n) is 4.34. The third kappa shape index (κ3) is 3.42. The normalized spacial score (nSPS) is 10.9. The highest BCUT2D eigenvalue weighted by atomic mass is 35.5. The number of benzene rings is 2. The number of nitrogen functional groups attached to an aromatic ring is 1. The number of carbonyl (C=O) groups is 3. The molecule has 0 amide bonds. The van der Waals surface area contributed by atoms with E-state index in [1.54, 1.807) is 30.3 Å². The van der Waals surface area contributed by atoms with Crippen molar-refractivity contribution < 1.29 is 24.6 Å². The van der Waals surface area contributed by atoms with Crippen LogP contribution in [0.1, 0.15) is 32.0 Å². The zero-order chi connectivity index (χ0) is 20.6. The van der Waals surface area contributed by atoms with E-state index in [-0.39, 0.29) is 55.7 Å². The Hall–Kier alpha value is -3.03. The van der Waals surface area contributed by atoms with E-state index in [0.717, 1.165) is 0 Å². The Morgan fingerprint density at radius 1 is 0.964 bits per heavy atom. The number of carboxylic acids is 2. The number of rotatable bonds is 6. The first kappa shape index (κ1) is 19.7. The van der Waals surface area contributed by atoms with Crippen LogP contribution in [0.15, 0.2) is 30.3 Å². The standard InChI is InChI=1S/C19H14Cl2N2O5/c20-14-10(7-12(25)26)17-13(15(21)16(14)22)9(18(23-17)19(27)28)6-11(24)8-4-2-1-3-5-8/h1-5,23H,6-7,22H2,(H,25,26)(H,27,28). The van der Waals surface area contributed by atoms with Gasteiger partial charge in [0.05, 0.1) is 27.7 Å². The molecule has 0 aliphatic rings. The highest BCUT2D eigenvalue weighted by molar-refractivity contribution is 6.44. The molecule has 0 aliphatic carbocycles. The number of aromatic nitrogens is 1. The van der Waals surface area contributed by atoms with Gasteiger partial charge in [0, 0.05) is 28.5 Å². The number of nitrogens with one attached hydrogen (secondary N) is 1. The van der Waals surface area contributed by atoms with E-state index in [4.69, 9.17) is 28.9 Å². The topological polar surface area (TPSA) is 133 Å². The Bertz CT molecular complexity index is 1120. The molecule has 0 spiro atoms. The summed E-state index contributed by atoms with van der Waals surface area (Å²) in [5, 5.41) is 18.8. The van der Waals surface area contributed by atoms with Crippen molar-refractivity contribution in [3.05, 3.63) is 62.8 Å². The van der Waals surface area contributed by atoms with Crippen LogP contribution in [-0.2, 0) is 17.6 Å². The van der Waals surface area contributed by atoms with E-state index in [1.165, 1.54) is 0 Å². The van der Waals surface area contributed by atoms with Crippen molar-refractivity contribution >= 4 is 57.5 Å². The number of aromatic carboxylic acids is 1. The number of nitrogens with two attached hydrogens (primary N) is 1. The largest absolute Gasteiger partial charge is 0.481 e. The second-order valence-electron chi connectivity index (χ2n) is 6.09. The van der Waals surface area contributed by atoms with E-state index in [0.29, 0.717) is 5.56 Å². The van der Waals surface area contributed by atoms with Gasteiger partial charge in [0.2, 0.25) is 0 Å². The predicted molar refractivity (Wildman–Crippen MR) is 106 cm³/mol. The molecule has 144 valence electrons. The molecule has 9 heteroatoms. The summed E-state index contributed by atoms with van der Waals surface area (Å²) in [7, 11) is 0. The van der Waals surface area contributed by atoms with Crippen LogP contribution in [-0.4, -0.2) is 32.9 Å². The van der Waals surface area contributed by atoms with Crippen molar-refractivity contribution in [1.29, 1.82) is 0 Å². The predicted octanol–water partition coefficient (Wildman–Crippen LogP) is 3.81. The van der Waals surface area contributed by atoms with Gasteiger partial charge in [0.15, 0.2) is 5.78 Å². The van der Waals surface area contributed by atoms with Crippen molar-refractivity contribution in [2.45, 2.75) is 12.8 Å². The molecule has 1 heterocycles. The van der Waals surface area contributed by atoms with E-state index in [1.807, 2.05) is 0 Å². The zero-order valence-corrected chi connectivity index (χ0v) is 15.8. The lowest BCUT2D eigenvalue weighted by Gasteiger charge is -2.11. The van der Waals surface area contributed by atoms with Crippen LogP contribution < -0.4 is 5.73 Å². The minimum atomic E-state index is -1.32. The number of halogens is 2. The van der Waals surface area contributed by atoms with Crippen LogP contribution >= 0.6 is 23.2 Å². The molecule has 5 N–H and O–H groups in total. The van der Waals surface area contributed by atoms with Gasteiger partial charge in [-0.05, 0) is 0 Å². The lowest BCUT2D eigenvalue weighted by Crippen LogP contribution is -2.08. The number of hydrogen-bond donors (Lipinski definition) is 4. The molecule has 2 aromatic carbocycles. The number of Topliss-reactive ketones (excluding diaryl/α,β-unsaturated/α-hetero) is 1. The van der Waals surface area contributed by atoms with Gasteiger partial charge < -0.3 is 20.9 Å². The van der Waals surface area contributed by atoms with Gasteiger partial charge in [-0.15, -0.1) is 0 Å². The molecule has 0 fully saturated rings. The Morgan fingerprint density at radius 3 is 2.18 bits per heavy atom. The summed E-state index contributed by atoms with van der Waals surface area (Å²) in [6, 6.07) is 8.36. The molecule has 0 saturated carbocycles.